The molecule has 0 saturated carbocycles. The molecular formula is C24H41IN4O3. The summed E-state index contributed by atoms with van der Waals surface area (Å²) < 4.78 is 17.1. The molecule has 0 bridgehead atoms. The third-order valence-corrected chi connectivity index (χ3v) is 5.76. The largest absolute Gasteiger partial charge is 0.493 e. The van der Waals surface area contributed by atoms with Crippen LogP contribution < -0.4 is 15.4 Å². The molecule has 2 atom stereocenters. The Labute approximate surface area is 210 Å². The lowest BCUT2D eigenvalue weighted by Crippen LogP contribution is -2.44. The molecule has 2 aliphatic rings. The zero-order valence-electron chi connectivity index (χ0n) is 19.9. The second-order valence-corrected chi connectivity index (χ2v) is 8.75. The van der Waals surface area contributed by atoms with E-state index in [1.54, 1.807) is 0 Å². The number of guanidine groups is 1. The summed E-state index contributed by atoms with van der Waals surface area (Å²) in [4.78, 5) is 7.31. The minimum Gasteiger partial charge on any atom is -0.493 e. The summed E-state index contributed by atoms with van der Waals surface area (Å²) in [7, 11) is 0. The molecule has 2 unspecified atom stereocenters. The van der Waals surface area contributed by atoms with E-state index in [-0.39, 0.29) is 24.0 Å². The molecule has 0 radical (unpaired) electrons. The number of nitrogens with zero attached hydrogens (tertiary/aromatic N) is 2. The lowest BCUT2D eigenvalue weighted by molar-refractivity contribution is 0.0320. The SMILES string of the molecule is CCNC(=NCc1ccc(C)cc1OCC1CCOC1)NCC(C)CN1CCOCC1.I. The number of nitrogens with one attached hydrogen (secondary N) is 2. The van der Waals surface area contributed by atoms with Crippen LogP contribution in [0.15, 0.2) is 23.2 Å². The van der Waals surface area contributed by atoms with Crippen molar-refractivity contribution in [3.8, 4) is 5.75 Å². The monoisotopic (exact) mass is 560 g/mol. The number of hydrogen-bond acceptors (Lipinski definition) is 5. The van der Waals surface area contributed by atoms with Crippen molar-refractivity contribution in [3.63, 3.8) is 0 Å². The van der Waals surface area contributed by atoms with E-state index in [1.807, 2.05) is 0 Å². The summed E-state index contributed by atoms with van der Waals surface area (Å²) >= 11 is 0. The van der Waals surface area contributed by atoms with Crippen LogP contribution in [0.25, 0.3) is 0 Å². The van der Waals surface area contributed by atoms with Crippen LogP contribution in [0.1, 0.15) is 31.4 Å². The van der Waals surface area contributed by atoms with E-state index in [1.165, 1.54) is 5.56 Å². The van der Waals surface area contributed by atoms with Crippen molar-refractivity contribution < 1.29 is 14.2 Å². The highest BCUT2D eigenvalue weighted by atomic mass is 127. The smallest absolute Gasteiger partial charge is 0.191 e. The summed E-state index contributed by atoms with van der Waals surface area (Å²) in [6, 6.07) is 6.37. The summed E-state index contributed by atoms with van der Waals surface area (Å²) in [5.41, 5.74) is 2.32. The molecule has 2 N–H and O–H groups in total. The van der Waals surface area contributed by atoms with Crippen molar-refractivity contribution >= 4 is 29.9 Å². The number of halogens is 1. The molecule has 2 aliphatic heterocycles. The fourth-order valence-corrected chi connectivity index (χ4v) is 3.92. The van der Waals surface area contributed by atoms with Crippen LogP contribution in [-0.2, 0) is 16.0 Å². The average molecular weight is 561 g/mol. The highest BCUT2D eigenvalue weighted by Crippen LogP contribution is 2.23. The molecule has 0 amide bonds. The average Bonchev–Trinajstić information content (AvgIpc) is 3.29. The molecule has 2 fully saturated rings. The Morgan fingerprint density at radius 1 is 1.22 bits per heavy atom. The highest BCUT2D eigenvalue weighted by molar-refractivity contribution is 14.0. The van der Waals surface area contributed by atoms with Gasteiger partial charge < -0.3 is 24.8 Å². The number of morpholine rings is 1. The number of hydrogen-bond donors (Lipinski definition) is 2. The van der Waals surface area contributed by atoms with Gasteiger partial charge in [0.05, 0.1) is 33.0 Å². The maximum absolute atomic E-state index is 6.17. The van der Waals surface area contributed by atoms with Gasteiger partial charge in [-0.05, 0) is 37.8 Å². The number of aryl methyl sites for hydroxylation is 1. The van der Waals surface area contributed by atoms with E-state index in [9.17, 15) is 0 Å². The fraction of sp³-hybridized carbons (Fsp3) is 0.708. The summed E-state index contributed by atoms with van der Waals surface area (Å²) in [5.74, 6) is 2.82. The highest BCUT2D eigenvalue weighted by Gasteiger charge is 2.17. The number of ether oxygens (including phenoxy) is 3. The second-order valence-electron chi connectivity index (χ2n) is 8.75. The molecule has 0 aromatic heterocycles. The Hall–Kier alpha value is -1.10. The first-order valence-electron chi connectivity index (χ1n) is 11.8. The van der Waals surface area contributed by atoms with Crippen molar-refractivity contribution in [2.45, 2.75) is 33.7 Å². The standard InChI is InChI=1S/C24H40N4O3.HI/c1-4-25-24(26-14-20(3)16-28-8-11-29-12-9-28)27-15-22-6-5-19(2)13-23(22)31-18-21-7-10-30-17-21;/h5-6,13,20-21H,4,7-12,14-18H2,1-3H3,(H2,25,26,27);1H. The van der Waals surface area contributed by atoms with Crippen LogP contribution in [0.5, 0.6) is 5.75 Å². The zero-order chi connectivity index (χ0) is 21.9. The van der Waals surface area contributed by atoms with Crippen LogP contribution in [0, 0.1) is 18.8 Å². The van der Waals surface area contributed by atoms with E-state index in [2.05, 4.69) is 54.5 Å². The lowest BCUT2D eigenvalue weighted by Gasteiger charge is -2.29. The second kappa shape index (κ2) is 14.9. The van der Waals surface area contributed by atoms with Gasteiger partial charge in [-0.3, -0.25) is 4.90 Å². The van der Waals surface area contributed by atoms with Crippen molar-refractivity contribution in [2.75, 3.05) is 65.8 Å². The van der Waals surface area contributed by atoms with Crippen molar-refractivity contribution in [2.24, 2.45) is 16.8 Å². The molecule has 7 nitrogen and oxygen atoms in total. The molecule has 8 heteroatoms. The predicted octanol–water partition coefficient (Wildman–Crippen LogP) is 3.05. The molecule has 32 heavy (non-hydrogen) atoms. The van der Waals surface area contributed by atoms with Crippen LogP contribution in [0.4, 0.5) is 0 Å². The zero-order valence-corrected chi connectivity index (χ0v) is 22.2. The first-order chi connectivity index (χ1) is 15.1. The minimum absolute atomic E-state index is 0. The maximum Gasteiger partial charge on any atom is 0.191 e. The van der Waals surface area contributed by atoms with Gasteiger partial charge >= 0.3 is 0 Å². The number of aliphatic imine (C=N–C) groups is 1. The quantitative estimate of drug-likeness (QED) is 0.261. The lowest BCUT2D eigenvalue weighted by atomic mass is 10.1. The van der Waals surface area contributed by atoms with Gasteiger partial charge in [0.15, 0.2) is 5.96 Å². The van der Waals surface area contributed by atoms with Crippen molar-refractivity contribution in [1.82, 2.24) is 15.5 Å². The Morgan fingerprint density at radius 2 is 2.03 bits per heavy atom. The molecule has 182 valence electrons. The summed E-state index contributed by atoms with van der Waals surface area (Å²) in [5, 5.41) is 6.88. The summed E-state index contributed by atoms with van der Waals surface area (Å²) in [6.07, 6.45) is 1.08. The van der Waals surface area contributed by atoms with Gasteiger partial charge in [-0.25, -0.2) is 4.99 Å². The van der Waals surface area contributed by atoms with Gasteiger partial charge in [-0.2, -0.15) is 0 Å². The van der Waals surface area contributed by atoms with E-state index in [0.717, 1.165) is 82.8 Å². The number of rotatable bonds is 10. The van der Waals surface area contributed by atoms with Crippen molar-refractivity contribution in [1.29, 1.82) is 0 Å². The van der Waals surface area contributed by atoms with Crippen LogP contribution in [0.3, 0.4) is 0 Å². The normalized spacial score (nSPS) is 20.5. The Morgan fingerprint density at radius 3 is 2.75 bits per heavy atom. The Bertz CT molecular complexity index is 692. The van der Waals surface area contributed by atoms with Gasteiger partial charge in [0.25, 0.3) is 0 Å². The molecule has 0 spiro atoms. The molecule has 0 aliphatic carbocycles. The van der Waals surface area contributed by atoms with Gasteiger partial charge in [0.1, 0.15) is 5.75 Å². The maximum atomic E-state index is 6.17. The molecule has 2 heterocycles. The molecule has 1 aromatic carbocycles. The molecule has 2 saturated heterocycles. The summed E-state index contributed by atoms with van der Waals surface area (Å²) in [6.45, 7) is 16.0. The topological polar surface area (TPSA) is 67.4 Å². The number of benzene rings is 1. The van der Waals surface area contributed by atoms with Gasteiger partial charge in [0.2, 0.25) is 0 Å². The van der Waals surface area contributed by atoms with Gasteiger partial charge in [0, 0.05) is 50.8 Å². The Balaban J connectivity index is 0.00000363. The molecule has 3 rings (SSSR count). The van der Waals surface area contributed by atoms with E-state index < -0.39 is 0 Å². The predicted molar refractivity (Wildman–Crippen MR) is 140 cm³/mol. The molecular weight excluding hydrogens is 519 g/mol. The Kier molecular flexibility index (Phi) is 12.7. The minimum atomic E-state index is 0. The van der Waals surface area contributed by atoms with Gasteiger partial charge in [-0.15, -0.1) is 24.0 Å². The van der Waals surface area contributed by atoms with E-state index in [0.29, 0.717) is 25.0 Å². The van der Waals surface area contributed by atoms with E-state index >= 15 is 0 Å². The first-order valence-corrected chi connectivity index (χ1v) is 11.8. The third-order valence-electron chi connectivity index (χ3n) is 5.76. The van der Waals surface area contributed by atoms with E-state index in [4.69, 9.17) is 19.2 Å². The van der Waals surface area contributed by atoms with Gasteiger partial charge in [-0.1, -0.05) is 19.1 Å². The fourth-order valence-electron chi connectivity index (χ4n) is 3.92. The third kappa shape index (κ3) is 9.41. The van der Waals surface area contributed by atoms with Crippen LogP contribution in [0.2, 0.25) is 0 Å². The van der Waals surface area contributed by atoms with Crippen LogP contribution >= 0.6 is 24.0 Å². The first kappa shape index (κ1) is 27.1. The van der Waals surface area contributed by atoms with Crippen LogP contribution in [-0.4, -0.2) is 76.6 Å². The molecule has 1 aromatic rings. The van der Waals surface area contributed by atoms with Crippen molar-refractivity contribution in [3.05, 3.63) is 29.3 Å².